The highest BCUT2D eigenvalue weighted by molar-refractivity contribution is 6.02. The van der Waals surface area contributed by atoms with Gasteiger partial charge in [-0.15, -0.1) is 0 Å². The standard InChI is InChI=1S/C22H21N3O4/c26-20-17-12-6-5-11-16(17)18(23-24-20)22(28)29-19(15-9-3-1-4-10-15)21(27)25-13-7-2-8-14-25/h1,3-6,9-12,19H,2,7-8,13-14H2,(H,24,26)/t19-/m1/s1. The summed E-state index contributed by atoms with van der Waals surface area (Å²) in [7, 11) is 0. The van der Waals surface area contributed by atoms with Crippen molar-refractivity contribution in [1.29, 1.82) is 0 Å². The van der Waals surface area contributed by atoms with E-state index in [4.69, 9.17) is 4.74 Å². The molecule has 2 heterocycles. The molecule has 7 nitrogen and oxygen atoms in total. The molecule has 0 spiro atoms. The Labute approximate surface area is 167 Å². The molecule has 1 aromatic heterocycles. The highest BCUT2D eigenvalue weighted by Crippen LogP contribution is 2.25. The number of nitrogens with zero attached hydrogens (tertiary/aromatic N) is 2. The van der Waals surface area contributed by atoms with Gasteiger partial charge in [0.2, 0.25) is 6.10 Å². The number of piperidine rings is 1. The van der Waals surface area contributed by atoms with Gasteiger partial charge in [-0.25, -0.2) is 9.89 Å². The van der Waals surface area contributed by atoms with Crippen LogP contribution in [0.15, 0.2) is 59.4 Å². The number of fused-ring (bicyclic) bond motifs is 1. The second-order valence-electron chi connectivity index (χ2n) is 7.03. The van der Waals surface area contributed by atoms with Gasteiger partial charge in [-0.3, -0.25) is 9.59 Å². The molecular formula is C22H21N3O4. The molecule has 1 N–H and O–H groups in total. The average Bonchev–Trinajstić information content (AvgIpc) is 2.78. The van der Waals surface area contributed by atoms with Gasteiger partial charge in [-0.2, -0.15) is 5.10 Å². The van der Waals surface area contributed by atoms with Crippen LogP contribution in [0.1, 0.15) is 41.4 Å². The van der Waals surface area contributed by atoms with Crippen molar-refractivity contribution in [2.75, 3.05) is 13.1 Å². The fourth-order valence-corrected chi connectivity index (χ4v) is 3.60. The molecule has 7 heteroatoms. The van der Waals surface area contributed by atoms with Crippen LogP contribution in [0.4, 0.5) is 0 Å². The van der Waals surface area contributed by atoms with Crippen molar-refractivity contribution < 1.29 is 14.3 Å². The van der Waals surface area contributed by atoms with Crippen LogP contribution in [0.25, 0.3) is 10.8 Å². The maximum atomic E-state index is 13.2. The van der Waals surface area contributed by atoms with Crippen LogP contribution in [-0.4, -0.2) is 40.1 Å². The number of nitrogens with one attached hydrogen (secondary N) is 1. The molecule has 1 aliphatic rings. The number of rotatable bonds is 4. The summed E-state index contributed by atoms with van der Waals surface area (Å²) in [5, 5.41) is 6.94. The van der Waals surface area contributed by atoms with Gasteiger partial charge < -0.3 is 9.64 Å². The lowest BCUT2D eigenvalue weighted by molar-refractivity contribution is -0.142. The highest BCUT2D eigenvalue weighted by atomic mass is 16.5. The summed E-state index contributed by atoms with van der Waals surface area (Å²) in [6.07, 6.45) is 1.90. The Morgan fingerprint density at radius 1 is 0.931 bits per heavy atom. The highest BCUT2D eigenvalue weighted by Gasteiger charge is 2.31. The summed E-state index contributed by atoms with van der Waals surface area (Å²) in [6.45, 7) is 1.30. The van der Waals surface area contributed by atoms with Crippen LogP contribution < -0.4 is 5.56 Å². The molecule has 0 saturated carbocycles. The van der Waals surface area contributed by atoms with E-state index < -0.39 is 12.1 Å². The zero-order valence-corrected chi connectivity index (χ0v) is 15.8. The number of amides is 1. The topological polar surface area (TPSA) is 92.4 Å². The largest absolute Gasteiger partial charge is 0.442 e. The summed E-state index contributed by atoms with van der Waals surface area (Å²) >= 11 is 0. The lowest BCUT2D eigenvalue weighted by Gasteiger charge is -2.30. The zero-order chi connectivity index (χ0) is 20.2. The number of aromatic nitrogens is 2. The smallest absolute Gasteiger partial charge is 0.360 e. The number of hydrogen-bond donors (Lipinski definition) is 1. The monoisotopic (exact) mass is 391 g/mol. The summed E-state index contributed by atoms with van der Waals surface area (Å²) < 4.78 is 5.67. The number of hydrogen-bond acceptors (Lipinski definition) is 5. The molecule has 0 aliphatic carbocycles. The van der Waals surface area contributed by atoms with Crippen molar-refractivity contribution in [3.05, 3.63) is 76.2 Å². The van der Waals surface area contributed by atoms with E-state index in [1.165, 1.54) is 0 Å². The third kappa shape index (κ3) is 3.89. The maximum absolute atomic E-state index is 13.2. The van der Waals surface area contributed by atoms with Gasteiger partial charge in [0, 0.05) is 24.0 Å². The van der Waals surface area contributed by atoms with Crippen molar-refractivity contribution in [1.82, 2.24) is 15.1 Å². The van der Waals surface area contributed by atoms with Gasteiger partial charge in [0.15, 0.2) is 5.69 Å². The van der Waals surface area contributed by atoms with Crippen LogP contribution in [0.5, 0.6) is 0 Å². The van der Waals surface area contributed by atoms with E-state index in [1.54, 1.807) is 53.4 Å². The van der Waals surface area contributed by atoms with Gasteiger partial charge in [0.1, 0.15) is 0 Å². The van der Waals surface area contributed by atoms with E-state index in [2.05, 4.69) is 10.2 Å². The van der Waals surface area contributed by atoms with Crippen LogP contribution >= 0.6 is 0 Å². The van der Waals surface area contributed by atoms with Crippen molar-refractivity contribution in [3.63, 3.8) is 0 Å². The molecule has 1 saturated heterocycles. The summed E-state index contributed by atoms with van der Waals surface area (Å²) in [5.41, 5.74) is 0.193. The Kier molecular flexibility index (Phi) is 5.37. The third-order valence-corrected chi connectivity index (χ3v) is 5.11. The van der Waals surface area contributed by atoms with Gasteiger partial charge in [0.25, 0.3) is 11.5 Å². The third-order valence-electron chi connectivity index (χ3n) is 5.11. The Hall–Kier alpha value is -3.48. The minimum Gasteiger partial charge on any atom is -0.442 e. The molecule has 4 rings (SSSR count). The zero-order valence-electron chi connectivity index (χ0n) is 15.8. The maximum Gasteiger partial charge on any atom is 0.360 e. The molecule has 1 aliphatic heterocycles. The van der Waals surface area contributed by atoms with E-state index in [-0.39, 0.29) is 17.2 Å². The Bertz CT molecular complexity index is 1090. The number of benzene rings is 2. The summed E-state index contributed by atoms with van der Waals surface area (Å²) in [4.78, 5) is 39.8. The van der Waals surface area contributed by atoms with Gasteiger partial charge in [0.05, 0.1) is 5.39 Å². The van der Waals surface area contributed by atoms with E-state index in [0.717, 1.165) is 19.3 Å². The molecule has 0 bridgehead atoms. The van der Waals surface area contributed by atoms with Gasteiger partial charge >= 0.3 is 5.97 Å². The number of likely N-dealkylation sites (tertiary alicyclic amines) is 1. The Morgan fingerprint density at radius 3 is 2.31 bits per heavy atom. The number of esters is 1. The fraction of sp³-hybridized carbons (Fsp3) is 0.273. The normalized spacial score (nSPS) is 15.1. The summed E-state index contributed by atoms with van der Waals surface area (Å²) in [6, 6.07) is 15.6. The number of carbonyl (C=O) groups excluding carboxylic acids is 2. The molecule has 0 unspecified atom stereocenters. The van der Waals surface area contributed by atoms with Crippen LogP contribution in [0.2, 0.25) is 0 Å². The predicted molar refractivity (Wildman–Crippen MR) is 107 cm³/mol. The van der Waals surface area contributed by atoms with Crippen molar-refractivity contribution in [2.45, 2.75) is 25.4 Å². The van der Waals surface area contributed by atoms with E-state index in [1.807, 2.05) is 6.07 Å². The SMILES string of the molecule is O=C(O[C@@H](C(=O)N1CCCCC1)c1ccccc1)c1n[nH]c(=O)c2ccccc12. The van der Waals surface area contributed by atoms with E-state index in [0.29, 0.717) is 29.4 Å². The fourth-order valence-electron chi connectivity index (χ4n) is 3.60. The molecule has 1 fully saturated rings. The first kappa shape index (κ1) is 18.9. The average molecular weight is 391 g/mol. The van der Waals surface area contributed by atoms with Crippen molar-refractivity contribution in [3.8, 4) is 0 Å². The molecular weight excluding hydrogens is 370 g/mol. The molecule has 2 aromatic carbocycles. The van der Waals surface area contributed by atoms with Gasteiger partial charge in [-0.1, -0.05) is 48.5 Å². The first-order valence-corrected chi connectivity index (χ1v) is 9.67. The summed E-state index contributed by atoms with van der Waals surface area (Å²) in [5.74, 6) is -0.991. The molecule has 0 radical (unpaired) electrons. The second-order valence-corrected chi connectivity index (χ2v) is 7.03. The Morgan fingerprint density at radius 2 is 1.59 bits per heavy atom. The van der Waals surface area contributed by atoms with Crippen LogP contribution in [0, 0.1) is 0 Å². The van der Waals surface area contributed by atoms with Crippen molar-refractivity contribution >= 4 is 22.6 Å². The minimum absolute atomic E-state index is 0.0208. The van der Waals surface area contributed by atoms with Crippen LogP contribution in [-0.2, 0) is 9.53 Å². The number of H-pyrrole nitrogens is 1. The lowest BCUT2D eigenvalue weighted by Crippen LogP contribution is -2.40. The molecule has 29 heavy (non-hydrogen) atoms. The van der Waals surface area contributed by atoms with E-state index >= 15 is 0 Å². The second kappa shape index (κ2) is 8.26. The molecule has 1 amide bonds. The quantitative estimate of drug-likeness (QED) is 0.691. The lowest BCUT2D eigenvalue weighted by atomic mass is 10.1. The first-order valence-electron chi connectivity index (χ1n) is 9.67. The number of aromatic amines is 1. The molecule has 148 valence electrons. The molecule has 1 atom stereocenters. The Balaban J connectivity index is 1.68. The first-order chi connectivity index (χ1) is 14.1. The van der Waals surface area contributed by atoms with Crippen molar-refractivity contribution in [2.24, 2.45) is 0 Å². The van der Waals surface area contributed by atoms with Crippen LogP contribution in [0.3, 0.4) is 0 Å². The number of carbonyl (C=O) groups is 2. The predicted octanol–water partition coefficient (Wildman–Crippen LogP) is 2.83. The number of ether oxygens (including phenoxy) is 1. The van der Waals surface area contributed by atoms with E-state index in [9.17, 15) is 14.4 Å². The molecule has 3 aromatic rings. The minimum atomic E-state index is -1.06. The van der Waals surface area contributed by atoms with Gasteiger partial charge in [-0.05, 0) is 25.3 Å².